The lowest BCUT2D eigenvalue weighted by molar-refractivity contribution is -0.123. The largest absolute Gasteiger partial charge is 0.353 e. The van der Waals surface area contributed by atoms with Gasteiger partial charge in [0.05, 0.1) is 5.75 Å². The minimum absolute atomic E-state index is 0.0370. The highest BCUT2D eigenvalue weighted by Crippen LogP contribution is 2.27. The molecule has 0 aliphatic carbocycles. The number of carbonyl (C=O) groups excluding carboxylic acids is 1. The Bertz CT molecular complexity index is 385. The Balaban J connectivity index is 0.000000396. The molecular formula is C14H20BrFO3S. The van der Waals surface area contributed by atoms with E-state index in [4.69, 9.17) is 9.47 Å². The van der Waals surface area contributed by atoms with Crippen LogP contribution in [0.15, 0.2) is 27.6 Å². The third kappa shape index (κ3) is 9.47. The van der Waals surface area contributed by atoms with Crippen molar-refractivity contribution < 1.29 is 18.7 Å². The van der Waals surface area contributed by atoms with E-state index in [-0.39, 0.29) is 12.1 Å². The summed E-state index contributed by atoms with van der Waals surface area (Å²) >= 11 is 4.57. The van der Waals surface area contributed by atoms with Crippen molar-refractivity contribution in [3.05, 3.63) is 28.5 Å². The third-order valence-electron chi connectivity index (χ3n) is 2.00. The Hall–Kier alpha value is -0.430. The van der Waals surface area contributed by atoms with Crippen molar-refractivity contribution in [3.63, 3.8) is 0 Å². The zero-order valence-electron chi connectivity index (χ0n) is 11.9. The van der Waals surface area contributed by atoms with E-state index in [9.17, 15) is 9.18 Å². The summed E-state index contributed by atoms with van der Waals surface area (Å²) in [5, 5.41) is 0. The Morgan fingerprint density at radius 2 is 1.95 bits per heavy atom. The summed E-state index contributed by atoms with van der Waals surface area (Å²) in [5.74, 6) is 0.113. The number of hydrogen-bond donors (Lipinski definition) is 0. The molecule has 0 spiro atoms. The third-order valence-corrected chi connectivity index (χ3v) is 3.89. The topological polar surface area (TPSA) is 35.5 Å². The second-order valence-electron chi connectivity index (χ2n) is 3.53. The molecule has 114 valence electrons. The number of carbonyl (C=O) groups is 1. The average molecular weight is 367 g/mol. The summed E-state index contributed by atoms with van der Waals surface area (Å²) < 4.78 is 23.4. The van der Waals surface area contributed by atoms with Gasteiger partial charge in [-0.25, -0.2) is 4.39 Å². The maximum atomic E-state index is 12.6. The van der Waals surface area contributed by atoms with Gasteiger partial charge in [-0.05, 0) is 54.9 Å². The molecular weight excluding hydrogens is 347 g/mol. The fraction of sp³-hybridized carbons (Fsp3) is 0.500. The smallest absolute Gasteiger partial charge is 0.154 e. The molecule has 0 aromatic heterocycles. The molecule has 1 rings (SSSR count). The van der Waals surface area contributed by atoms with Crippen molar-refractivity contribution in [3.8, 4) is 0 Å². The van der Waals surface area contributed by atoms with Gasteiger partial charge in [-0.1, -0.05) is 0 Å². The standard InChI is InChI=1S/C8H6BrFOS.C6H14O2/c9-7-5-6(10)1-2-8(7)12-4-3-11;1-4-7-6(3)8-5-2/h1-3,5H,4H2;6H,4-5H2,1-3H3. The van der Waals surface area contributed by atoms with E-state index >= 15 is 0 Å². The van der Waals surface area contributed by atoms with Gasteiger partial charge >= 0.3 is 0 Å². The minimum Gasteiger partial charge on any atom is -0.353 e. The van der Waals surface area contributed by atoms with Gasteiger partial charge in [-0.3, -0.25) is 0 Å². The highest BCUT2D eigenvalue weighted by Gasteiger charge is 2.00. The lowest BCUT2D eigenvalue weighted by atomic mass is 10.3. The molecule has 20 heavy (non-hydrogen) atoms. The van der Waals surface area contributed by atoms with E-state index in [2.05, 4.69) is 15.9 Å². The van der Waals surface area contributed by atoms with Crippen molar-refractivity contribution in [1.82, 2.24) is 0 Å². The van der Waals surface area contributed by atoms with Crippen molar-refractivity contribution in [2.75, 3.05) is 19.0 Å². The summed E-state index contributed by atoms with van der Waals surface area (Å²) in [4.78, 5) is 10.9. The number of ether oxygens (including phenoxy) is 2. The quantitative estimate of drug-likeness (QED) is 0.409. The molecule has 0 atom stereocenters. The molecule has 0 amide bonds. The van der Waals surface area contributed by atoms with E-state index in [1.165, 1.54) is 23.9 Å². The number of thioether (sulfide) groups is 1. The molecule has 1 aromatic carbocycles. The second kappa shape index (κ2) is 12.3. The van der Waals surface area contributed by atoms with Crippen LogP contribution in [0.5, 0.6) is 0 Å². The Morgan fingerprint density at radius 3 is 2.40 bits per heavy atom. The van der Waals surface area contributed by atoms with Gasteiger partial charge < -0.3 is 14.3 Å². The van der Waals surface area contributed by atoms with Crippen LogP contribution >= 0.6 is 27.7 Å². The van der Waals surface area contributed by atoms with Gasteiger partial charge in [0, 0.05) is 22.6 Å². The Kier molecular flexibility index (Phi) is 12.1. The molecule has 0 aliphatic rings. The van der Waals surface area contributed by atoms with Crippen LogP contribution in [-0.4, -0.2) is 31.5 Å². The van der Waals surface area contributed by atoms with Gasteiger partial charge in [-0.15, -0.1) is 11.8 Å². The zero-order chi connectivity index (χ0) is 15.4. The fourth-order valence-electron chi connectivity index (χ4n) is 1.23. The molecule has 0 N–H and O–H groups in total. The molecule has 0 saturated heterocycles. The monoisotopic (exact) mass is 366 g/mol. The van der Waals surface area contributed by atoms with Crippen LogP contribution in [0.2, 0.25) is 0 Å². The molecule has 0 radical (unpaired) electrons. The van der Waals surface area contributed by atoms with Gasteiger partial charge in [0.1, 0.15) is 12.1 Å². The first-order valence-electron chi connectivity index (χ1n) is 6.29. The average Bonchev–Trinajstić information content (AvgIpc) is 2.39. The second-order valence-corrected chi connectivity index (χ2v) is 5.45. The molecule has 0 bridgehead atoms. The predicted octanol–water partition coefficient (Wildman–Crippen LogP) is 4.28. The van der Waals surface area contributed by atoms with Crippen LogP contribution in [0.25, 0.3) is 0 Å². The lowest BCUT2D eigenvalue weighted by Crippen LogP contribution is -2.11. The summed E-state index contributed by atoms with van der Waals surface area (Å²) in [6.07, 6.45) is 0.783. The van der Waals surface area contributed by atoms with Crippen LogP contribution in [-0.2, 0) is 14.3 Å². The van der Waals surface area contributed by atoms with Gasteiger partial charge in [-0.2, -0.15) is 0 Å². The van der Waals surface area contributed by atoms with E-state index in [0.29, 0.717) is 10.2 Å². The molecule has 0 saturated carbocycles. The van der Waals surface area contributed by atoms with Crippen molar-refractivity contribution >= 4 is 34.0 Å². The lowest BCUT2D eigenvalue weighted by Gasteiger charge is -2.09. The zero-order valence-corrected chi connectivity index (χ0v) is 14.3. The Morgan fingerprint density at radius 1 is 1.35 bits per heavy atom. The van der Waals surface area contributed by atoms with Crippen LogP contribution in [0.1, 0.15) is 20.8 Å². The normalized spacial score (nSPS) is 10.1. The molecule has 0 unspecified atom stereocenters. The fourth-order valence-corrected chi connectivity index (χ4v) is 2.54. The van der Waals surface area contributed by atoms with Crippen LogP contribution in [0, 0.1) is 5.82 Å². The SMILES string of the molecule is CCOC(C)OCC.O=CCSc1ccc(F)cc1Br. The summed E-state index contributed by atoms with van der Waals surface area (Å²) in [6.45, 7) is 7.25. The van der Waals surface area contributed by atoms with Gasteiger partial charge in [0.2, 0.25) is 0 Å². The van der Waals surface area contributed by atoms with Gasteiger partial charge in [0.15, 0.2) is 6.29 Å². The first-order valence-corrected chi connectivity index (χ1v) is 8.07. The molecule has 1 aromatic rings. The summed E-state index contributed by atoms with van der Waals surface area (Å²) in [7, 11) is 0. The molecule has 0 fully saturated rings. The molecule has 3 nitrogen and oxygen atoms in total. The number of hydrogen-bond acceptors (Lipinski definition) is 4. The van der Waals surface area contributed by atoms with Crippen molar-refractivity contribution in [2.45, 2.75) is 32.0 Å². The van der Waals surface area contributed by atoms with E-state index < -0.39 is 0 Å². The number of aldehydes is 1. The van der Waals surface area contributed by atoms with Gasteiger partial charge in [0.25, 0.3) is 0 Å². The Labute approximate surface area is 132 Å². The summed E-state index contributed by atoms with van der Waals surface area (Å²) in [5.41, 5.74) is 0. The first kappa shape index (κ1) is 19.6. The number of halogens is 2. The van der Waals surface area contributed by atoms with Crippen LogP contribution in [0.3, 0.4) is 0 Å². The predicted molar refractivity (Wildman–Crippen MR) is 83.6 cm³/mol. The highest BCUT2D eigenvalue weighted by atomic mass is 79.9. The van der Waals surface area contributed by atoms with E-state index in [0.717, 1.165) is 24.4 Å². The molecule has 0 aliphatic heterocycles. The maximum Gasteiger partial charge on any atom is 0.154 e. The number of benzene rings is 1. The molecule has 0 heterocycles. The van der Waals surface area contributed by atoms with E-state index in [1.54, 1.807) is 6.07 Å². The number of rotatable bonds is 7. The highest BCUT2D eigenvalue weighted by molar-refractivity contribution is 9.10. The first-order chi connectivity index (χ1) is 9.54. The summed E-state index contributed by atoms with van der Waals surface area (Å²) in [6, 6.07) is 4.40. The maximum absolute atomic E-state index is 12.6. The van der Waals surface area contributed by atoms with Crippen molar-refractivity contribution in [2.24, 2.45) is 0 Å². The minimum atomic E-state index is -0.280. The van der Waals surface area contributed by atoms with Crippen LogP contribution < -0.4 is 0 Å². The van der Waals surface area contributed by atoms with E-state index in [1.807, 2.05) is 20.8 Å². The molecule has 6 heteroatoms. The van der Waals surface area contributed by atoms with Crippen LogP contribution in [0.4, 0.5) is 4.39 Å². The van der Waals surface area contributed by atoms with Crippen molar-refractivity contribution in [1.29, 1.82) is 0 Å².